The van der Waals surface area contributed by atoms with E-state index in [0.717, 1.165) is 18.9 Å². The van der Waals surface area contributed by atoms with Crippen LogP contribution >= 0.6 is 15.9 Å². The van der Waals surface area contributed by atoms with Gasteiger partial charge in [-0.2, -0.15) is 23.4 Å². The average molecular weight is 406 g/mol. The Hall–Kier alpha value is -1.84. The number of alkyl halides is 3. The van der Waals surface area contributed by atoms with Gasteiger partial charge in [-0.15, -0.1) is 0 Å². The lowest BCUT2D eigenvalue weighted by Gasteiger charge is -2.08. The average Bonchev–Trinajstić information content (AvgIpc) is 3.11. The first-order chi connectivity index (χ1) is 11.4. The fourth-order valence-electron chi connectivity index (χ4n) is 2.41. The summed E-state index contributed by atoms with van der Waals surface area (Å²) < 4.78 is 40.4. The van der Waals surface area contributed by atoms with E-state index in [9.17, 15) is 18.0 Å². The minimum Gasteiger partial charge on any atom is -0.351 e. The van der Waals surface area contributed by atoms with Crippen LogP contribution in [0.25, 0.3) is 0 Å². The summed E-state index contributed by atoms with van der Waals surface area (Å²) in [5.74, 6) is -0.151. The molecule has 1 aliphatic rings. The lowest BCUT2D eigenvalue weighted by Crippen LogP contribution is -2.26. The predicted octanol–water partition coefficient (Wildman–Crippen LogP) is 3.09. The second kappa shape index (κ2) is 6.58. The van der Waals surface area contributed by atoms with Gasteiger partial charge in [-0.1, -0.05) is 0 Å². The smallest absolute Gasteiger partial charge is 0.351 e. The number of aryl methyl sites for hydroxylation is 1. The molecule has 0 unspecified atom stereocenters. The first-order valence-corrected chi connectivity index (χ1v) is 8.27. The van der Waals surface area contributed by atoms with E-state index in [-0.39, 0.29) is 11.8 Å². The number of aromatic nitrogens is 4. The number of amides is 1. The highest BCUT2D eigenvalue weighted by molar-refractivity contribution is 9.10. The molecule has 1 fully saturated rings. The molecule has 1 saturated carbocycles. The Labute approximate surface area is 143 Å². The summed E-state index contributed by atoms with van der Waals surface area (Å²) >= 11 is 3.19. The minimum atomic E-state index is -4.43. The first-order valence-electron chi connectivity index (χ1n) is 7.48. The molecular formula is C14H15BrF3N5O. The van der Waals surface area contributed by atoms with Crippen LogP contribution in [0.15, 0.2) is 16.7 Å². The van der Waals surface area contributed by atoms with E-state index in [1.807, 2.05) is 0 Å². The molecule has 1 amide bonds. The van der Waals surface area contributed by atoms with Crippen molar-refractivity contribution >= 4 is 21.8 Å². The molecule has 10 heteroatoms. The van der Waals surface area contributed by atoms with Crippen LogP contribution in [0.1, 0.15) is 47.1 Å². The highest BCUT2D eigenvalue weighted by atomic mass is 79.9. The van der Waals surface area contributed by atoms with E-state index in [2.05, 4.69) is 36.5 Å². The summed E-state index contributed by atoms with van der Waals surface area (Å²) in [6.45, 7) is 0.655. The van der Waals surface area contributed by atoms with Crippen molar-refractivity contribution in [3.63, 3.8) is 0 Å². The van der Waals surface area contributed by atoms with Crippen LogP contribution in [-0.4, -0.2) is 32.4 Å². The molecule has 130 valence electrons. The van der Waals surface area contributed by atoms with Crippen molar-refractivity contribution in [3.05, 3.63) is 33.8 Å². The van der Waals surface area contributed by atoms with Gasteiger partial charge in [0.05, 0.1) is 10.7 Å². The van der Waals surface area contributed by atoms with Gasteiger partial charge in [-0.3, -0.25) is 14.6 Å². The van der Waals surface area contributed by atoms with Crippen LogP contribution in [0.2, 0.25) is 0 Å². The Balaban J connectivity index is 1.56. The molecule has 1 aliphatic carbocycles. The fraction of sp³-hybridized carbons (Fsp3) is 0.500. The molecule has 2 heterocycles. The summed E-state index contributed by atoms with van der Waals surface area (Å²) in [6.07, 6.45) is -0.688. The van der Waals surface area contributed by atoms with Crippen molar-refractivity contribution in [1.82, 2.24) is 25.3 Å². The number of nitrogens with zero attached hydrogens (tertiary/aromatic N) is 3. The molecular weight excluding hydrogens is 391 g/mol. The molecule has 2 aromatic rings. The largest absolute Gasteiger partial charge is 0.435 e. The molecule has 0 bridgehead atoms. The van der Waals surface area contributed by atoms with E-state index >= 15 is 0 Å². The van der Waals surface area contributed by atoms with E-state index in [0.29, 0.717) is 35.4 Å². The van der Waals surface area contributed by atoms with Crippen molar-refractivity contribution in [2.45, 2.75) is 37.9 Å². The number of halogens is 4. The standard InChI is InChI=1S/C14H15BrF3N5O/c15-9-7-20-21-12(9)13(24)19-4-1-5-23-10(8-2-3-8)6-11(22-23)14(16,17)18/h6-8H,1-5H2,(H,19,24)(H,20,21). The number of rotatable bonds is 6. The lowest BCUT2D eigenvalue weighted by molar-refractivity contribution is -0.141. The Morgan fingerprint density at radius 1 is 1.46 bits per heavy atom. The van der Waals surface area contributed by atoms with E-state index in [1.165, 1.54) is 10.9 Å². The maximum absolute atomic E-state index is 12.8. The van der Waals surface area contributed by atoms with Gasteiger partial charge in [0, 0.05) is 24.7 Å². The molecule has 24 heavy (non-hydrogen) atoms. The molecule has 0 radical (unpaired) electrons. The van der Waals surface area contributed by atoms with Crippen LogP contribution < -0.4 is 5.32 Å². The van der Waals surface area contributed by atoms with Crippen molar-refractivity contribution in [1.29, 1.82) is 0 Å². The van der Waals surface area contributed by atoms with E-state index in [1.54, 1.807) is 0 Å². The zero-order chi connectivity index (χ0) is 17.3. The molecule has 3 rings (SSSR count). The maximum Gasteiger partial charge on any atom is 0.435 e. The summed E-state index contributed by atoms with van der Waals surface area (Å²) in [5.41, 5.74) is 0.0897. The molecule has 0 atom stereocenters. The number of nitrogens with one attached hydrogen (secondary N) is 2. The number of H-pyrrole nitrogens is 1. The molecule has 2 aromatic heterocycles. The van der Waals surface area contributed by atoms with Crippen LogP contribution in [0.5, 0.6) is 0 Å². The highest BCUT2D eigenvalue weighted by Crippen LogP contribution is 2.42. The number of carbonyl (C=O) groups excluding carboxylic acids is 1. The molecule has 0 spiro atoms. The third-order valence-corrected chi connectivity index (χ3v) is 4.35. The van der Waals surface area contributed by atoms with Gasteiger partial charge in [0.15, 0.2) is 5.69 Å². The monoisotopic (exact) mass is 405 g/mol. The topological polar surface area (TPSA) is 75.6 Å². The van der Waals surface area contributed by atoms with Crippen LogP contribution in [0, 0.1) is 0 Å². The fourth-order valence-corrected chi connectivity index (χ4v) is 2.78. The summed E-state index contributed by atoms with van der Waals surface area (Å²) in [5, 5.41) is 12.7. The van der Waals surface area contributed by atoms with Crippen LogP contribution in [0.4, 0.5) is 13.2 Å². The van der Waals surface area contributed by atoms with Gasteiger partial charge >= 0.3 is 6.18 Å². The van der Waals surface area contributed by atoms with Crippen LogP contribution in [-0.2, 0) is 12.7 Å². The minimum absolute atomic E-state index is 0.170. The zero-order valence-corrected chi connectivity index (χ0v) is 14.1. The summed E-state index contributed by atoms with van der Waals surface area (Å²) in [4.78, 5) is 11.9. The highest BCUT2D eigenvalue weighted by Gasteiger charge is 2.37. The van der Waals surface area contributed by atoms with Gasteiger partial charge in [-0.25, -0.2) is 0 Å². The normalized spacial score (nSPS) is 14.8. The Bertz CT molecular complexity index is 735. The van der Waals surface area contributed by atoms with Crippen LogP contribution in [0.3, 0.4) is 0 Å². The van der Waals surface area contributed by atoms with Crippen molar-refractivity contribution in [2.24, 2.45) is 0 Å². The van der Waals surface area contributed by atoms with Gasteiger partial charge in [0.2, 0.25) is 0 Å². The third kappa shape index (κ3) is 3.80. The van der Waals surface area contributed by atoms with Crippen molar-refractivity contribution in [3.8, 4) is 0 Å². The van der Waals surface area contributed by atoms with Gasteiger partial charge in [0.25, 0.3) is 5.91 Å². The van der Waals surface area contributed by atoms with E-state index in [4.69, 9.17) is 0 Å². The van der Waals surface area contributed by atoms with Gasteiger partial charge in [0.1, 0.15) is 5.69 Å². The molecule has 0 saturated heterocycles. The Morgan fingerprint density at radius 2 is 2.21 bits per heavy atom. The molecule has 2 N–H and O–H groups in total. The maximum atomic E-state index is 12.8. The second-order valence-corrected chi connectivity index (χ2v) is 6.51. The molecule has 0 aliphatic heterocycles. The van der Waals surface area contributed by atoms with Crippen molar-refractivity contribution in [2.75, 3.05) is 6.54 Å². The number of hydrogen-bond acceptors (Lipinski definition) is 3. The van der Waals surface area contributed by atoms with E-state index < -0.39 is 11.9 Å². The van der Waals surface area contributed by atoms with Crippen molar-refractivity contribution < 1.29 is 18.0 Å². The summed E-state index contributed by atoms with van der Waals surface area (Å²) in [7, 11) is 0. The quantitative estimate of drug-likeness (QED) is 0.725. The molecule has 6 nitrogen and oxygen atoms in total. The second-order valence-electron chi connectivity index (χ2n) is 5.65. The SMILES string of the molecule is O=C(NCCCn1nc(C(F)(F)F)cc1C1CC1)c1[nH]ncc1Br. The first kappa shape index (κ1) is 17.0. The summed E-state index contributed by atoms with van der Waals surface area (Å²) in [6, 6.07) is 1.14. The third-order valence-electron chi connectivity index (χ3n) is 3.75. The predicted molar refractivity (Wildman–Crippen MR) is 82.4 cm³/mol. The lowest BCUT2D eigenvalue weighted by atomic mass is 10.2. The Morgan fingerprint density at radius 3 is 2.79 bits per heavy atom. The van der Waals surface area contributed by atoms with Gasteiger partial charge < -0.3 is 5.32 Å². The number of hydrogen-bond donors (Lipinski definition) is 2. The Kier molecular flexibility index (Phi) is 4.66. The number of carbonyl (C=O) groups is 1. The van der Waals surface area contributed by atoms with Gasteiger partial charge in [-0.05, 0) is 41.3 Å². The molecule has 0 aromatic carbocycles. The number of aromatic amines is 1. The zero-order valence-electron chi connectivity index (χ0n) is 12.5.